The van der Waals surface area contributed by atoms with Gasteiger partial charge < -0.3 is 10.6 Å². The van der Waals surface area contributed by atoms with Crippen molar-refractivity contribution in [1.82, 2.24) is 15.5 Å². The Morgan fingerprint density at radius 1 is 1.06 bits per heavy atom. The van der Waals surface area contributed by atoms with Crippen LogP contribution in [-0.2, 0) is 11.3 Å². The molecular weight excluding hydrogens is 396 g/mol. The van der Waals surface area contributed by atoms with E-state index in [2.05, 4.69) is 76.3 Å². The number of rotatable bonds is 6. The minimum atomic E-state index is -0.0567. The van der Waals surface area contributed by atoms with Gasteiger partial charge in [0.15, 0.2) is 0 Å². The van der Waals surface area contributed by atoms with Crippen molar-refractivity contribution in [2.75, 3.05) is 5.32 Å². The number of carbonyl (C=O) groups excluding carboxylic acids is 1. The number of benzene rings is 2. The van der Waals surface area contributed by atoms with Crippen molar-refractivity contribution in [2.45, 2.75) is 57.0 Å². The van der Waals surface area contributed by atoms with Gasteiger partial charge in [0.2, 0.25) is 5.91 Å². The van der Waals surface area contributed by atoms with E-state index in [1.54, 1.807) is 0 Å². The Kier molecular flexibility index (Phi) is 4.87. The smallest absolute Gasteiger partial charge is 0.229 e. The molecule has 2 saturated carbocycles. The van der Waals surface area contributed by atoms with Crippen LogP contribution < -0.4 is 10.6 Å². The molecule has 2 atom stereocenters. The van der Waals surface area contributed by atoms with Crippen molar-refractivity contribution < 1.29 is 4.79 Å². The largest absolute Gasteiger partial charge is 0.311 e. The van der Waals surface area contributed by atoms with Crippen LogP contribution in [0.5, 0.6) is 0 Å². The summed E-state index contributed by atoms with van der Waals surface area (Å²) in [6.45, 7) is 3.06. The summed E-state index contributed by atoms with van der Waals surface area (Å²) in [4.78, 5) is 13.2. The van der Waals surface area contributed by atoms with Crippen LogP contribution in [0.3, 0.4) is 0 Å². The molecule has 2 heterocycles. The fraction of sp³-hybridized carbons (Fsp3) is 0.407. The highest BCUT2D eigenvalue weighted by Crippen LogP contribution is 2.53. The molecule has 2 aliphatic carbocycles. The number of anilines is 1. The van der Waals surface area contributed by atoms with Gasteiger partial charge in [0.05, 0.1) is 12.1 Å². The zero-order chi connectivity index (χ0) is 21.7. The molecule has 5 nitrogen and oxygen atoms in total. The van der Waals surface area contributed by atoms with E-state index in [9.17, 15) is 4.79 Å². The molecule has 164 valence electrons. The fourth-order valence-electron chi connectivity index (χ4n) is 5.56. The average molecular weight is 427 g/mol. The Hall–Kier alpha value is -2.92. The van der Waals surface area contributed by atoms with Crippen molar-refractivity contribution in [3.8, 4) is 0 Å². The molecule has 3 N–H and O–H groups in total. The van der Waals surface area contributed by atoms with Gasteiger partial charge in [-0.1, -0.05) is 54.1 Å². The number of carbonyl (C=O) groups is 1. The second kappa shape index (κ2) is 7.89. The standard InChI is InChI=1S/C27H30N4O/c1-16-5-7-18(8-6-16)24-23-15-29-31-26(23)30-27(32)25(24)21-12-20(13-21)19-4-2-3-17(11-19)14-28-22-9-10-22/h2-8,11,15,20-22,24-25,28H,9-10,12-14H2,1H3,(H2,29,30,31,32). The summed E-state index contributed by atoms with van der Waals surface area (Å²) in [5, 5.41) is 13.9. The number of hydrogen-bond donors (Lipinski definition) is 3. The lowest BCUT2D eigenvalue weighted by Gasteiger charge is -2.44. The summed E-state index contributed by atoms with van der Waals surface area (Å²) in [6.07, 6.45) is 6.64. The summed E-state index contributed by atoms with van der Waals surface area (Å²) in [5.41, 5.74) is 6.33. The molecule has 0 spiro atoms. The number of aromatic nitrogens is 2. The quantitative estimate of drug-likeness (QED) is 0.527. The maximum atomic E-state index is 13.2. The topological polar surface area (TPSA) is 69.8 Å². The van der Waals surface area contributed by atoms with Gasteiger partial charge in [-0.05, 0) is 61.1 Å². The zero-order valence-corrected chi connectivity index (χ0v) is 18.5. The molecule has 2 unspecified atom stereocenters. The van der Waals surface area contributed by atoms with Crippen LogP contribution in [0.1, 0.15) is 65.3 Å². The Balaban J connectivity index is 1.22. The molecule has 0 saturated heterocycles. The van der Waals surface area contributed by atoms with Crippen molar-refractivity contribution in [1.29, 1.82) is 0 Å². The minimum absolute atomic E-state index is 0.0538. The van der Waals surface area contributed by atoms with E-state index in [-0.39, 0.29) is 17.7 Å². The van der Waals surface area contributed by atoms with Crippen LogP contribution in [0.4, 0.5) is 5.82 Å². The van der Waals surface area contributed by atoms with E-state index in [4.69, 9.17) is 0 Å². The Morgan fingerprint density at radius 2 is 1.88 bits per heavy atom. The molecule has 1 aromatic heterocycles. The van der Waals surface area contributed by atoms with Crippen LogP contribution in [0.25, 0.3) is 0 Å². The molecule has 3 aliphatic rings. The number of hydrogen-bond acceptors (Lipinski definition) is 3. The zero-order valence-electron chi connectivity index (χ0n) is 18.5. The second-order valence-electron chi connectivity index (χ2n) is 9.93. The molecule has 32 heavy (non-hydrogen) atoms. The minimum Gasteiger partial charge on any atom is -0.311 e. The third-order valence-electron chi connectivity index (χ3n) is 7.63. The van der Waals surface area contributed by atoms with Crippen molar-refractivity contribution in [3.05, 3.63) is 82.5 Å². The van der Waals surface area contributed by atoms with Gasteiger partial charge >= 0.3 is 0 Å². The Morgan fingerprint density at radius 3 is 2.66 bits per heavy atom. The van der Waals surface area contributed by atoms with Crippen LogP contribution in [-0.4, -0.2) is 22.1 Å². The molecule has 5 heteroatoms. The maximum Gasteiger partial charge on any atom is 0.229 e. The first kappa shape index (κ1) is 19.7. The number of aromatic amines is 1. The summed E-state index contributed by atoms with van der Waals surface area (Å²) >= 11 is 0. The van der Waals surface area contributed by atoms with Gasteiger partial charge in [-0.25, -0.2) is 0 Å². The first-order chi connectivity index (χ1) is 15.7. The van der Waals surface area contributed by atoms with E-state index in [0.717, 1.165) is 36.8 Å². The molecule has 1 aliphatic heterocycles. The Labute approximate surface area is 189 Å². The van der Waals surface area contributed by atoms with E-state index in [1.165, 1.54) is 35.1 Å². The first-order valence-corrected chi connectivity index (χ1v) is 11.9. The fourth-order valence-corrected chi connectivity index (χ4v) is 5.56. The van der Waals surface area contributed by atoms with Crippen LogP contribution in [0, 0.1) is 18.8 Å². The summed E-state index contributed by atoms with van der Waals surface area (Å²) < 4.78 is 0. The summed E-state index contributed by atoms with van der Waals surface area (Å²) in [7, 11) is 0. The normalized spacial score (nSPS) is 26.8. The first-order valence-electron chi connectivity index (χ1n) is 11.9. The molecule has 1 amide bonds. The lowest BCUT2D eigenvalue weighted by atomic mass is 9.60. The number of H-pyrrole nitrogens is 1. The summed E-state index contributed by atoms with van der Waals surface area (Å²) in [6, 6.07) is 18.4. The van der Waals surface area contributed by atoms with E-state index in [1.807, 2.05) is 6.20 Å². The average Bonchev–Trinajstić information content (AvgIpc) is 3.49. The predicted molar refractivity (Wildman–Crippen MR) is 125 cm³/mol. The van der Waals surface area contributed by atoms with E-state index >= 15 is 0 Å². The molecule has 3 aromatic rings. The van der Waals surface area contributed by atoms with Gasteiger partial charge in [0.25, 0.3) is 0 Å². The highest BCUT2D eigenvalue weighted by molar-refractivity contribution is 5.96. The molecule has 2 aromatic carbocycles. The van der Waals surface area contributed by atoms with Gasteiger partial charge in [-0.15, -0.1) is 0 Å². The van der Waals surface area contributed by atoms with E-state index < -0.39 is 0 Å². The van der Waals surface area contributed by atoms with Gasteiger partial charge in [-0.2, -0.15) is 5.10 Å². The van der Waals surface area contributed by atoms with E-state index in [0.29, 0.717) is 11.8 Å². The summed E-state index contributed by atoms with van der Waals surface area (Å²) in [5.74, 6) is 1.79. The van der Waals surface area contributed by atoms with Crippen LogP contribution in [0.15, 0.2) is 54.7 Å². The van der Waals surface area contributed by atoms with Gasteiger partial charge in [0.1, 0.15) is 5.82 Å². The number of nitrogens with one attached hydrogen (secondary N) is 3. The monoisotopic (exact) mass is 426 g/mol. The molecular formula is C27H30N4O. The van der Waals surface area contributed by atoms with Crippen molar-refractivity contribution in [2.24, 2.45) is 11.8 Å². The highest BCUT2D eigenvalue weighted by atomic mass is 16.2. The van der Waals surface area contributed by atoms with Crippen LogP contribution >= 0.6 is 0 Å². The number of amides is 1. The third-order valence-corrected chi connectivity index (χ3v) is 7.63. The number of aryl methyl sites for hydroxylation is 1. The maximum absolute atomic E-state index is 13.2. The predicted octanol–water partition coefficient (Wildman–Crippen LogP) is 4.86. The van der Waals surface area contributed by atoms with Crippen LogP contribution in [0.2, 0.25) is 0 Å². The molecule has 6 rings (SSSR count). The van der Waals surface area contributed by atoms with Gasteiger partial charge in [0, 0.05) is 24.1 Å². The number of nitrogens with zero attached hydrogens (tertiary/aromatic N) is 1. The lowest BCUT2D eigenvalue weighted by molar-refractivity contribution is -0.123. The number of fused-ring (bicyclic) bond motifs is 1. The molecule has 0 bridgehead atoms. The third kappa shape index (κ3) is 3.65. The molecule has 0 radical (unpaired) electrons. The Bertz CT molecular complexity index is 1120. The van der Waals surface area contributed by atoms with Crippen molar-refractivity contribution >= 4 is 11.7 Å². The molecule has 2 fully saturated rings. The highest BCUT2D eigenvalue weighted by Gasteiger charge is 2.47. The second-order valence-corrected chi connectivity index (χ2v) is 9.93. The van der Waals surface area contributed by atoms with Crippen molar-refractivity contribution in [3.63, 3.8) is 0 Å². The van der Waals surface area contributed by atoms with Gasteiger partial charge in [-0.3, -0.25) is 9.89 Å². The SMILES string of the molecule is Cc1ccc(C2c3cn[nH]c3NC(=O)C2C2CC(c3cccc(CNC4CC4)c3)C2)cc1. The lowest BCUT2D eigenvalue weighted by Crippen LogP contribution is -2.43.